The Balaban J connectivity index is 2.69. The number of aromatic amines is 1. The van der Waals surface area contributed by atoms with Crippen molar-refractivity contribution in [1.29, 1.82) is 0 Å². The Bertz CT molecular complexity index is 935. The summed E-state index contributed by atoms with van der Waals surface area (Å²) in [4.78, 5) is 29.2. The monoisotopic (exact) mass is 334 g/mol. The van der Waals surface area contributed by atoms with Gasteiger partial charge < -0.3 is 5.73 Å². The molecule has 0 saturated carbocycles. The quantitative estimate of drug-likeness (QED) is 0.402. The Hall–Kier alpha value is -2.48. The van der Waals surface area contributed by atoms with Gasteiger partial charge in [0.1, 0.15) is 0 Å². The van der Waals surface area contributed by atoms with Crippen molar-refractivity contribution in [2.75, 3.05) is 5.73 Å². The second kappa shape index (κ2) is 4.27. The lowest BCUT2D eigenvalue weighted by Crippen LogP contribution is -2.12. The molecule has 0 atom stereocenters. The second-order valence-electron chi connectivity index (χ2n) is 4.16. The molecule has 100 valence electrons. The van der Waals surface area contributed by atoms with E-state index in [1.165, 1.54) is 0 Å². The average molecular weight is 335 g/mol. The van der Waals surface area contributed by atoms with Gasteiger partial charge in [0.25, 0.3) is 11.2 Å². The van der Waals surface area contributed by atoms with Gasteiger partial charge in [0, 0.05) is 0 Å². The van der Waals surface area contributed by atoms with E-state index in [1.54, 1.807) is 24.3 Å². The number of nitrogen functional groups attached to an aromatic ring is 1. The van der Waals surface area contributed by atoms with Crippen molar-refractivity contribution in [2.24, 2.45) is 0 Å². The molecule has 20 heavy (non-hydrogen) atoms. The number of hydrogen-bond donors (Lipinski definition) is 2. The van der Waals surface area contributed by atoms with Gasteiger partial charge in [-0.15, -0.1) is 0 Å². The summed E-state index contributed by atoms with van der Waals surface area (Å²) in [6, 6.07) is 6.55. The molecule has 0 fully saturated rings. The van der Waals surface area contributed by atoms with E-state index < -0.39 is 10.5 Å². The van der Waals surface area contributed by atoms with Gasteiger partial charge in [0.15, 0.2) is 0 Å². The maximum Gasteiger partial charge on any atom is 0.292 e. The van der Waals surface area contributed by atoms with Gasteiger partial charge in [-0.05, 0) is 33.4 Å². The maximum absolute atomic E-state index is 12.1. The molecule has 0 aliphatic carbocycles. The van der Waals surface area contributed by atoms with Crippen LogP contribution in [0.25, 0.3) is 21.7 Å². The normalized spacial score (nSPS) is 11.1. The average Bonchev–Trinajstić information content (AvgIpc) is 2.36. The first-order chi connectivity index (χ1) is 9.49. The molecule has 0 unspecified atom stereocenters. The summed E-state index contributed by atoms with van der Waals surface area (Å²) in [5.74, 6) is -0.0282. The van der Waals surface area contributed by atoms with Gasteiger partial charge >= 0.3 is 0 Å². The SMILES string of the molecule is Nc1nc2ccc3ccc(Br)c([N+](=O)[O-])c3c2c(=O)[nH]1. The molecule has 7 nitrogen and oxygen atoms in total. The lowest BCUT2D eigenvalue weighted by atomic mass is 10.0. The molecule has 0 aliphatic heterocycles. The predicted octanol–water partition coefficient (Wildman–Crippen LogP) is 2.33. The number of halogens is 1. The fraction of sp³-hybridized carbons (Fsp3) is 0. The van der Waals surface area contributed by atoms with Gasteiger partial charge in [-0.25, -0.2) is 4.98 Å². The number of nitrogens with one attached hydrogen (secondary N) is 1. The molecular weight excluding hydrogens is 328 g/mol. The zero-order valence-electron chi connectivity index (χ0n) is 9.88. The van der Waals surface area contributed by atoms with Gasteiger partial charge in [-0.2, -0.15) is 0 Å². The molecule has 3 N–H and O–H groups in total. The molecule has 8 heteroatoms. The van der Waals surface area contributed by atoms with E-state index >= 15 is 0 Å². The minimum Gasteiger partial charge on any atom is -0.369 e. The number of benzene rings is 2. The van der Waals surface area contributed by atoms with E-state index in [4.69, 9.17) is 5.73 Å². The van der Waals surface area contributed by atoms with Gasteiger partial charge in [-0.3, -0.25) is 19.9 Å². The van der Waals surface area contributed by atoms with Crippen LogP contribution in [0.4, 0.5) is 11.6 Å². The van der Waals surface area contributed by atoms with Crippen molar-refractivity contribution in [2.45, 2.75) is 0 Å². The van der Waals surface area contributed by atoms with E-state index in [0.29, 0.717) is 15.4 Å². The summed E-state index contributed by atoms with van der Waals surface area (Å²) in [5, 5.41) is 12.3. The van der Waals surface area contributed by atoms with Crippen LogP contribution in [0, 0.1) is 10.1 Å². The van der Waals surface area contributed by atoms with Crippen molar-refractivity contribution < 1.29 is 4.92 Å². The molecule has 0 aliphatic rings. The second-order valence-corrected chi connectivity index (χ2v) is 5.02. The zero-order valence-corrected chi connectivity index (χ0v) is 11.5. The van der Waals surface area contributed by atoms with Gasteiger partial charge in [-0.1, -0.05) is 12.1 Å². The van der Waals surface area contributed by atoms with Crippen LogP contribution in [-0.2, 0) is 0 Å². The van der Waals surface area contributed by atoms with Crippen LogP contribution < -0.4 is 11.3 Å². The van der Waals surface area contributed by atoms with Crippen LogP contribution in [0.3, 0.4) is 0 Å². The largest absolute Gasteiger partial charge is 0.369 e. The summed E-state index contributed by atoms with van der Waals surface area (Å²) in [6.07, 6.45) is 0. The van der Waals surface area contributed by atoms with E-state index in [1.807, 2.05) is 0 Å². The summed E-state index contributed by atoms with van der Waals surface area (Å²) in [5.41, 5.74) is 5.14. The Morgan fingerprint density at radius 3 is 2.65 bits per heavy atom. The molecule has 0 radical (unpaired) electrons. The number of H-pyrrole nitrogens is 1. The van der Waals surface area contributed by atoms with Crippen molar-refractivity contribution >= 4 is 49.2 Å². The summed E-state index contributed by atoms with van der Waals surface area (Å²) in [6.45, 7) is 0. The van der Waals surface area contributed by atoms with E-state index in [2.05, 4.69) is 25.9 Å². The summed E-state index contributed by atoms with van der Waals surface area (Å²) in [7, 11) is 0. The summed E-state index contributed by atoms with van der Waals surface area (Å²) < 4.78 is 0.304. The molecule has 0 bridgehead atoms. The minimum atomic E-state index is -0.526. The topological polar surface area (TPSA) is 115 Å². The predicted molar refractivity (Wildman–Crippen MR) is 78.6 cm³/mol. The zero-order chi connectivity index (χ0) is 14.4. The first-order valence-corrected chi connectivity index (χ1v) is 6.33. The lowest BCUT2D eigenvalue weighted by Gasteiger charge is -2.05. The molecule has 1 heterocycles. The fourth-order valence-corrected chi connectivity index (χ4v) is 2.68. The lowest BCUT2D eigenvalue weighted by molar-refractivity contribution is -0.383. The number of hydrogen-bond acceptors (Lipinski definition) is 5. The number of aromatic nitrogens is 2. The van der Waals surface area contributed by atoms with Crippen LogP contribution in [0.5, 0.6) is 0 Å². The molecule has 3 aromatic rings. The van der Waals surface area contributed by atoms with Crippen molar-refractivity contribution in [1.82, 2.24) is 9.97 Å². The standard InChI is InChI=1S/C12H7BrN4O3/c13-6-3-1-5-2-4-7-9(8(5)10(6)17(19)20)11(18)16-12(14)15-7/h1-4H,(H3,14,15,16,18). The smallest absolute Gasteiger partial charge is 0.292 e. The van der Waals surface area contributed by atoms with Crippen molar-refractivity contribution in [3.63, 3.8) is 0 Å². The van der Waals surface area contributed by atoms with E-state index in [-0.39, 0.29) is 22.4 Å². The van der Waals surface area contributed by atoms with Crippen LogP contribution >= 0.6 is 15.9 Å². The molecule has 0 saturated heterocycles. The maximum atomic E-state index is 12.1. The van der Waals surface area contributed by atoms with Gasteiger partial charge in [0.2, 0.25) is 5.95 Å². The molecule has 0 spiro atoms. The number of nitrogens with two attached hydrogens (primary N) is 1. The van der Waals surface area contributed by atoms with E-state index in [9.17, 15) is 14.9 Å². The molecule has 0 amide bonds. The van der Waals surface area contributed by atoms with Gasteiger partial charge in [0.05, 0.1) is 25.7 Å². The van der Waals surface area contributed by atoms with Crippen LogP contribution in [0.15, 0.2) is 33.5 Å². The number of nitro groups is 1. The van der Waals surface area contributed by atoms with Crippen LogP contribution in [0.2, 0.25) is 0 Å². The first kappa shape index (κ1) is 12.5. The first-order valence-electron chi connectivity index (χ1n) is 5.54. The third kappa shape index (κ3) is 1.73. The highest BCUT2D eigenvalue weighted by Gasteiger charge is 2.21. The highest BCUT2D eigenvalue weighted by Crippen LogP contribution is 2.36. The number of nitro benzene ring substituents is 1. The number of anilines is 1. The molecule has 2 aromatic carbocycles. The Morgan fingerprint density at radius 2 is 1.95 bits per heavy atom. The number of rotatable bonds is 1. The number of nitrogens with zero attached hydrogens (tertiary/aromatic N) is 2. The highest BCUT2D eigenvalue weighted by atomic mass is 79.9. The molecule has 3 rings (SSSR count). The Morgan fingerprint density at radius 1 is 1.25 bits per heavy atom. The van der Waals surface area contributed by atoms with Crippen LogP contribution in [0.1, 0.15) is 0 Å². The molecule has 1 aromatic heterocycles. The minimum absolute atomic E-state index is 0.0282. The Labute approximate surface area is 119 Å². The van der Waals surface area contributed by atoms with Crippen molar-refractivity contribution in [3.8, 4) is 0 Å². The van der Waals surface area contributed by atoms with Crippen LogP contribution in [-0.4, -0.2) is 14.9 Å². The fourth-order valence-electron chi connectivity index (χ4n) is 2.20. The number of fused-ring (bicyclic) bond motifs is 3. The van der Waals surface area contributed by atoms with Crippen molar-refractivity contribution in [3.05, 3.63) is 49.2 Å². The molecular formula is C12H7BrN4O3. The highest BCUT2D eigenvalue weighted by molar-refractivity contribution is 9.10. The third-order valence-corrected chi connectivity index (χ3v) is 3.62. The third-order valence-electron chi connectivity index (χ3n) is 2.98. The Kier molecular flexibility index (Phi) is 2.68. The van der Waals surface area contributed by atoms with E-state index in [0.717, 1.165) is 0 Å². The summed E-state index contributed by atoms with van der Waals surface area (Å²) >= 11 is 3.14.